The maximum absolute atomic E-state index is 12.4. The third-order valence-electron chi connectivity index (χ3n) is 3.45. The molecule has 0 aliphatic carbocycles. The minimum Gasteiger partial charge on any atom is -0.355 e. The molecule has 0 heterocycles. The standard InChI is InChI=1S/C18H17N3O2/c1-20-17(22)15-8-6-13(7-9-15)12-21(2)18(23)16-5-3-4-14(10-16)11-19/h3-10H,12H2,1-2H3,(H,20,22). The Morgan fingerprint density at radius 3 is 2.43 bits per heavy atom. The second kappa shape index (κ2) is 7.23. The zero-order valence-corrected chi connectivity index (χ0v) is 13.0. The largest absolute Gasteiger partial charge is 0.355 e. The van der Waals surface area contributed by atoms with E-state index in [1.54, 1.807) is 55.4 Å². The van der Waals surface area contributed by atoms with Crippen LogP contribution >= 0.6 is 0 Å². The number of hydrogen-bond acceptors (Lipinski definition) is 3. The summed E-state index contributed by atoms with van der Waals surface area (Å²) in [6.45, 7) is 0.420. The van der Waals surface area contributed by atoms with Crippen molar-refractivity contribution in [3.05, 3.63) is 70.8 Å². The van der Waals surface area contributed by atoms with Crippen LogP contribution in [-0.2, 0) is 6.54 Å². The molecule has 2 rings (SSSR count). The quantitative estimate of drug-likeness (QED) is 0.941. The smallest absolute Gasteiger partial charge is 0.253 e. The number of benzene rings is 2. The molecule has 2 aromatic rings. The molecule has 0 aliphatic rings. The first-order valence-electron chi connectivity index (χ1n) is 7.12. The molecule has 5 heteroatoms. The average Bonchev–Trinajstić information content (AvgIpc) is 2.61. The van der Waals surface area contributed by atoms with E-state index in [2.05, 4.69) is 5.32 Å². The molecule has 0 saturated carbocycles. The van der Waals surface area contributed by atoms with Crippen LogP contribution < -0.4 is 5.32 Å². The van der Waals surface area contributed by atoms with E-state index in [0.29, 0.717) is 23.2 Å². The Balaban J connectivity index is 2.09. The van der Waals surface area contributed by atoms with E-state index in [-0.39, 0.29) is 11.8 Å². The lowest BCUT2D eigenvalue weighted by Crippen LogP contribution is -2.26. The van der Waals surface area contributed by atoms with Gasteiger partial charge in [0.05, 0.1) is 11.6 Å². The summed E-state index contributed by atoms with van der Waals surface area (Å²) >= 11 is 0. The van der Waals surface area contributed by atoms with Gasteiger partial charge in [-0.15, -0.1) is 0 Å². The molecule has 0 aliphatic heterocycles. The summed E-state index contributed by atoms with van der Waals surface area (Å²) in [5.41, 5.74) is 2.43. The van der Waals surface area contributed by atoms with Gasteiger partial charge in [0.15, 0.2) is 0 Å². The van der Waals surface area contributed by atoms with Crippen molar-refractivity contribution in [2.45, 2.75) is 6.54 Å². The molecule has 2 amide bonds. The minimum absolute atomic E-state index is 0.144. The van der Waals surface area contributed by atoms with E-state index < -0.39 is 0 Å². The Morgan fingerprint density at radius 1 is 1.13 bits per heavy atom. The lowest BCUT2D eigenvalue weighted by atomic mass is 10.1. The SMILES string of the molecule is CNC(=O)c1ccc(CN(C)C(=O)c2cccc(C#N)c2)cc1. The molecule has 5 nitrogen and oxygen atoms in total. The highest BCUT2D eigenvalue weighted by Gasteiger charge is 2.13. The first-order valence-corrected chi connectivity index (χ1v) is 7.12. The second-order valence-electron chi connectivity index (χ2n) is 5.13. The zero-order chi connectivity index (χ0) is 16.8. The first kappa shape index (κ1) is 16.2. The average molecular weight is 307 g/mol. The summed E-state index contributed by atoms with van der Waals surface area (Å²) in [7, 11) is 3.28. The van der Waals surface area contributed by atoms with E-state index in [4.69, 9.17) is 5.26 Å². The fourth-order valence-corrected chi connectivity index (χ4v) is 2.19. The van der Waals surface area contributed by atoms with Gasteiger partial charge in [0.2, 0.25) is 0 Å². The molecule has 0 radical (unpaired) electrons. The second-order valence-corrected chi connectivity index (χ2v) is 5.13. The molecular formula is C18H17N3O2. The molecule has 0 atom stereocenters. The summed E-state index contributed by atoms with van der Waals surface area (Å²) < 4.78 is 0. The van der Waals surface area contributed by atoms with E-state index in [1.807, 2.05) is 18.2 Å². The molecule has 116 valence electrons. The minimum atomic E-state index is -0.155. The van der Waals surface area contributed by atoms with Crippen molar-refractivity contribution in [2.24, 2.45) is 0 Å². The van der Waals surface area contributed by atoms with Crippen LogP contribution in [-0.4, -0.2) is 30.8 Å². The highest BCUT2D eigenvalue weighted by molar-refractivity contribution is 5.95. The molecule has 0 aromatic heterocycles. The molecule has 0 spiro atoms. The van der Waals surface area contributed by atoms with Gasteiger partial charge < -0.3 is 10.2 Å². The Kier molecular flexibility index (Phi) is 5.11. The first-order chi connectivity index (χ1) is 11.0. The lowest BCUT2D eigenvalue weighted by molar-refractivity contribution is 0.0784. The molecule has 1 N–H and O–H groups in total. The van der Waals surface area contributed by atoms with Gasteiger partial charge >= 0.3 is 0 Å². The van der Waals surface area contributed by atoms with E-state index in [1.165, 1.54) is 0 Å². The van der Waals surface area contributed by atoms with Crippen molar-refractivity contribution in [1.82, 2.24) is 10.2 Å². The monoisotopic (exact) mass is 307 g/mol. The zero-order valence-electron chi connectivity index (χ0n) is 13.0. The summed E-state index contributed by atoms with van der Waals surface area (Å²) in [6.07, 6.45) is 0. The van der Waals surface area contributed by atoms with E-state index in [9.17, 15) is 9.59 Å². The van der Waals surface area contributed by atoms with E-state index in [0.717, 1.165) is 5.56 Å². The van der Waals surface area contributed by atoms with Crippen LogP contribution in [0.1, 0.15) is 31.8 Å². The molecular weight excluding hydrogens is 290 g/mol. The number of nitriles is 1. The number of nitrogens with zero attached hydrogens (tertiary/aromatic N) is 2. The van der Waals surface area contributed by atoms with Crippen LogP contribution in [0.15, 0.2) is 48.5 Å². The van der Waals surface area contributed by atoms with Gasteiger partial charge in [0.25, 0.3) is 11.8 Å². The summed E-state index contributed by atoms with van der Waals surface area (Å²) in [5, 5.41) is 11.5. The number of carbonyl (C=O) groups is 2. The topological polar surface area (TPSA) is 73.2 Å². The van der Waals surface area contributed by atoms with Gasteiger partial charge in [-0.05, 0) is 35.9 Å². The van der Waals surface area contributed by atoms with E-state index >= 15 is 0 Å². The van der Waals surface area contributed by atoms with Crippen molar-refractivity contribution < 1.29 is 9.59 Å². The van der Waals surface area contributed by atoms with Crippen molar-refractivity contribution in [1.29, 1.82) is 5.26 Å². The van der Waals surface area contributed by atoms with Crippen molar-refractivity contribution in [3.63, 3.8) is 0 Å². The van der Waals surface area contributed by atoms with Crippen LogP contribution in [0.2, 0.25) is 0 Å². The van der Waals surface area contributed by atoms with Crippen molar-refractivity contribution in [2.75, 3.05) is 14.1 Å². The van der Waals surface area contributed by atoms with Gasteiger partial charge in [0, 0.05) is 31.8 Å². The van der Waals surface area contributed by atoms with Crippen LogP contribution in [0.5, 0.6) is 0 Å². The van der Waals surface area contributed by atoms with Crippen LogP contribution in [0.3, 0.4) is 0 Å². The number of nitrogens with one attached hydrogen (secondary N) is 1. The Hall–Kier alpha value is -3.13. The number of rotatable bonds is 4. The normalized spacial score (nSPS) is 9.78. The highest BCUT2D eigenvalue weighted by Crippen LogP contribution is 2.11. The molecule has 0 saturated heterocycles. The molecule has 23 heavy (non-hydrogen) atoms. The Bertz CT molecular complexity index is 761. The van der Waals surface area contributed by atoms with Gasteiger partial charge in [-0.1, -0.05) is 18.2 Å². The van der Waals surface area contributed by atoms with Crippen LogP contribution in [0.25, 0.3) is 0 Å². The highest BCUT2D eigenvalue weighted by atomic mass is 16.2. The molecule has 0 bridgehead atoms. The Morgan fingerprint density at radius 2 is 1.83 bits per heavy atom. The van der Waals surface area contributed by atoms with Gasteiger partial charge in [-0.2, -0.15) is 5.26 Å². The van der Waals surface area contributed by atoms with Gasteiger partial charge in [-0.25, -0.2) is 0 Å². The number of amides is 2. The fourth-order valence-electron chi connectivity index (χ4n) is 2.19. The third kappa shape index (κ3) is 3.95. The lowest BCUT2D eigenvalue weighted by Gasteiger charge is -2.17. The van der Waals surface area contributed by atoms with Crippen LogP contribution in [0, 0.1) is 11.3 Å². The summed E-state index contributed by atoms with van der Waals surface area (Å²) in [6, 6.07) is 15.7. The van der Waals surface area contributed by atoms with Gasteiger partial charge in [0.1, 0.15) is 0 Å². The maximum Gasteiger partial charge on any atom is 0.253 e. The predicted molar refractivity (Wildman–Crippen MR) is 86.8 cm³/mol. The maximum atomic E-state index is 12.4. The van der Waals surface area contributed by atoms with Gasteiger partial charge in [-0.3, -0.25) is 9.59 Å². The summed E-state index contributed by atoms with van der Waals surface area (Å²) in [4.78, 5) is 25.5. The number of carbonyl (C=O) groups excluding carboxylic acids is 2. The van der Waals surface area contributed by atoms with Crippen molar-refractivity contribution in [3.8, 4) is 6.07 Å². The fraction of sp³-hybridized carbons (Fsp3) is 0.167. The molecule has 2 aromatic carbocycles. The molecule has 0 fully saturated rings. The number of hydrogen-bond donors (Lipinski definition) is 1. The summed E-state index contributed by atoms with van der Waals surface area (Å²) in [5.74, 6) is -0.299. The third-order valence-corrected chi connectivity index (χ3v) is 3.45. The van der Waals surface area contributed by atoms with Crippen molar-refractivity contribution >= 4 is 11.8 Å². The van der Waals surface area contributed by atoms with Crippen LogP contribution in [0.4, 0.5) is 0 Å². The molecule has 0 unspecified atom stereocenters. The Labute approximate surface area is 135 Å². The predicted octanol–water partition coefficient (Wildman–Crippen LogP) is 2.19.